The molecule has 0 aromatic carbocycles. The van der Waals surface area contributed by atoms with Crippen LogP contribution >= 0.6 is 12.4 Å². The zero-order valence-corrected chi connectivity index (χ0v) is 11.2. The molecule has 98 valence electrons. The Labute approximate surface area is 103 Å². The normalized spacial score (nSPS) is 21.4. The van der Waals surface area contributed by atoms with Gasteiger partial charge < -0.3 is 10.5 Å². The Morgan fingerprint density at radius 2 is 2.12 bits per heavy atom. The van der Waals surface area contributed by atoms with Gasteiger partial charge in [0.2, 0.25) is 0 Å². The lowest BCUT2D eigenvalue weighted by Gasteiger charge is -2.37. The van der Waals surface area contributed by atoms with Crippen molar-refractivity contribution in [1.82, 2.24) is 9.03 Å². The number of nitrogens with one attached hydrogen (secondary N) is 1. The van der Waals surface area contributed by atoms with Crippen LogP contribution in [0.1, 0.15) is 13.8 Å². The van der Waals surface area contributed by atoms with Gasteiger partial charge in [0.15, 0.2) is 0 Å². The number of nitrogens with zero attached hydrogens (tertiary/aromatic N) is 1. The van der Waals surface area contributed by atoms with E-state index in [2.05, 4.69) is 4.72 Å². The lowest BCUT2D eigenvalue weighted by Crippen LogP contribution is -2.54. The van der Waals surface area contributed by atoms with Gasteiger partial charge >= 0.3 is 0 Å². The van der Waals surface area contributed by atoms with E-state index in [1.807, 2.05) is 13.8 Å². The molecule has 1 saturated heterocycles. The highest BCUT2D eigenvalue weighted by Crippen LogP contribution is 2.18. The minimum Gasteiger partial charge on any atom is -0.373 e. The second kappa shape index (κ2) is 6.13. The van der Waals surface area contributed by atoms with Crippen LogP contribution in [0.25, 0.3) is 0 Å². The molecule has 0 spiro atoms. The van der Waals surface area contributed by atoms with Gasteiger partial charge in [0.05, 0.1) is 12.2 Å². The van der Waals surface area contributed by atoms with E-state index in [1.165, 1.54) is 4.31 Å². The molecule has 8 heteroatoms. The standard InChI is InChI=1S/C8H19N3O3S.ClH/c1-8(2)7-11(5-6-14-8)15(12,13)10-4-3-9;/h10H,3-7,9H2,1-2H3;1H. The molecule has 1 aliphatic rings. The van der Waals surface area contributed by atoms with E-state index < -0.39 is 15.8 Å². The lowest BCUT2D eigenvalue weighted by atomic mass is 10.1. The number of hydrogen-bond donors (Lipinski definition) is 2. The number of rotatable bonds is 4. The van der Waals surface area contributed by atoms with E-state index in [1.54, 1.807) is 0 Å². The van der Waals surface area contributed by atoms with Crippen LogP contribution < -0.4 is 10.5 Å². The first-order valence-corrected chi connectivity index (χ1v) is 6.40. The molecule has 1 fully saturated rings. The van der Waals surface area contributed by atoms with Crippen molar-refractivity contribution in [3.05, 3.63) is 0 Å². The third-order valence-corrected chi connectivity index (χ3v) is 3.72. The molecule has 16 heavy (non-hydrogen) atoms. The monoisotopic (exact) mass is 273 g/mol. The van der Waals surface area contributed by atoms with Gasteiger partial charge in [-0.05, 0) is 13.8 Å². The van der Waals surface area contributed by atoms with Crippen molar-refractivity contribution in [2.75, 3.05) is 32.8 Å². The second-order valence-electron chi connectivity index (χ2n) is 4.13. The van der Waals surface area contributed by atoms with Gasteiger partial charge in [-0.1, -0.05) is 0 Å². The van der Waals surface area contributed by atoms with Gasteiger partial charge in [0.1, 0.15) is 0 Å². The zero-order chi connectivity index (χ0) is 11.5. The van der Waals surface area contributed by atoms with Crippen LogP contribution in [-0.4, -0.2) is 51.1 Å². The van der Waals surface area contributed by atoms with E-state index >= 15 is 0 Å². The molecule has 6 nitrogen and oxygen atoms in total. The van der Waals surface area contributed by atoms with Crippen LogP contribution in [0.15, 0.2) is 0 Å². The molecule has 0 atom stereocenters. The Morgan fingerprint density at radius 3 is 2.62 bits per heavy atom. The van der Waals surface area contributed by atoms with Crippen LogP contribution in [0, 0.1) is 0 Å². The summed E-state index contributed by atoms with van der Waals surface area (Å²) in [5.74, 6) is 0. The van der Waals surface area contributed by atoms with Crippen LogP contribution in [0.2, 0.25) is 0 Å². The van der Waals surface area contributed by atoms with Crippen molar-refractivity contribution in [2.24, 2.45) is 5.73 Å². The predicted octanol–water partition coefficient (Wildman–Crippen LogP) is -0.688. The SMILES string of the molecule is CC1(C)CN(S(=O)(=O)NCCN)CCO1.Cl. The first-order chi connectivity index (χ1) is 6.87. The summed E-state index contributed by atoms with van der Waals surface area (Å²) in [6, 6.07) is 0. The molecule has 0 amide bonds. The Kier molecular flexibility index (Phi) is 6.16. The fourth-order valence-electron chi connectivity index (χ4n) is 1.46. The molecule has 0 aromatic heterocycles. The summed E-state index contributed by atoms with van der Waals surface area (Å²) in [4.78, 5) is 0. The average Bonchev–Trinajstić information content (AvgIpc) is 2.13. The van der Waals surface area contributed by atoms with Crippen molar-refractivity contribution >= 4 is 22.6 Å². The summed E-state index contributed by atoms with van der Waals surface area (Å²) in [5, 5.41) is 0. The number of ether oxygens (including phenoxy) is 1. The molecule has 0 saturated carbocycles. The maximum atomic E-state index is 11.7. The minimum absolute atomic E-state index is 0. The van der Waals surface area contributed by atoms with Crippen LogP contribution in [0.4, 0.5) is 0 Å². The van der Waals surface area contributed by atoms with Crippen LogP contribution in [-0.2, 0) is 14.9 Å². The molecular formula is C8H20ClN3O3S. The van der Waals surface area contributed by atoms with E-state index in [0.29, 0.717) is 26.2 Å². The highest BCUT2D eigenvalue weighted by atomic mass is 35.5. The quantitative estimate of drug-likeness (QED) is 0.710. The van der Waals surface area contributed by atoms with Gasteiger partial charge in [0, 0.05) is 26.2 Å². The van der Waals surface area contributed by atoms with Crippen molar-refractivity contribution in [3.8, 4) is 0 Å². The summed E-state index contributed by atoms with van der Waals surface area (Å²) in [6.45, 7) is 5.50. The molecule has 0 aliphatic carbocycles. The van der Waals surface area contributed by atoms with E-state index in [9.17, 15) is 8.42 Å². The van der Waals surface area contributed by atoms with Crippen molar-refractivity contribution in [1.29, 1.82) is 0 Å². The van der Waals surface area contributed by atoms with Crippen LogP contribution in [0.5, 0.6) is 0 Å². The van der Waals surface area contributed by atoms with E-state index in [-0.39, 0.29) is 19.0 Å². The first-order valence-electron chi connectivity index (χ1n) is 4.96. The van der Waals surface area contributed by atoms with Crippen molar-refractivity contribution in [2.45, 2.75) is 19.4 Å². The summed E-state index contributed by atoms with van der Waals surface area (Å²) < 4.78 is 32.7. The fraction of sp³-hybridized carbons (Fsp3) is 1.00. The second-order valence-corrected chi connectivity index (χ2v) is 5.88. The average molecular weight is 274 g/mol. The van der Waals surface area contributed by atoms with Gasteiger partial charge in [-0.3, -0.25) is 0 Å². The number of nitrogens with two attached hydrogens (primary N) is 1. The number of halogens is 1. The number of hydrogen-bond acceptors (Lipinski definition) is 4. The molecule has 1 aliphatic heterocycles. The van der Waals surface area contributed by atoms with Crippen molar-refractivity contribution < 1.29 is 13.2 Å². The lowest BCUT2D eigenvalue weighted by molar-refractivity contribution is -0.0642. The summed E-state index contributed by atoms with van der Waals surface area (Å²) in [7, 11) is -3.39. The molecule has 3 N–H and O–H groups in total. The Bertz CT molecular complexity index is 308. The largest absolute Gasteiger partial charge is 0.373 e. The summed E-state index contributed by atoms with van der Waals surface area (Å²) in [5.41, 5.74) is 4.83. The van der Waals surface area contributed by atoms with Gasteiger partial charge in [-0.25, -0.2) is 4.72 Å². The van der Waals surface area contributed by atoms with E-state index in [4.69, 9.17) is 10.5 Å². The summed E-state index contributed by atoms with van der Waals surface area (Å²) >= 11 is 0. The highest BCUT2D eigenvalue weighted by molar-refractivity contribution is 7.87. The fourth-order valence-corrected chi connectivity index (χ4v) is 2.81. The predicted molar refractivity (Wildman–Crippen MR) is 64.8 cm³/mol. The van der Waals surface area contributed by atoms with Crippen molar-refractivity contribution in [3.63, 3.8) is 0 Å². The topological polar surface area (TPSA) is 84.7 Å². The Morgan fingerprint density at radius 1 is 1.50 bits per heavy atom. The van der Waals surface area contributed by atoms with E-state index in [0.717, 1.165) is 0 Å². The van der Waals surface area contributed by atoms with Gasteiger partial charge in [-0.2, -0.15) is 12.7 Å². The number of morpholine rings is 1. The Balaban J connectivity index is 0.00000225. The van der Waals surface area contributed by atoms with Crippen LogP contribution in [0.3, 0.4) is 0 Å². The molecule has 0 bridgehead atoms. The smallest absolute Gasteiger partial charge is 0.279 e. The molecule has 0 radical (unpaired) electrons. The molecule has 0 unspecified atom stereocenters. The summed E-state index contributed by atoms with van der Waals surface area (Å²) in [6.07, 6.45) is 0. The molecule has 1 rings (SSSR count). The first kappa shape index (κ1) is 16.1. The maximum absolute atomic E-state index is 11.7. The zero-order valence-electron chi connectivity index (χ0n) is 9.60. The van der Waals surface area contributed by atoms with Gasteiger partial charge in [-0.15, -0.1) is 12.4 Å². The third kappa shape index (κ3) is 4.52. The molecule has 0 aromatic rings. The van der Waals surface area contributed by atoms with Gasteiger partial charge in [0.25, 0.3) is 10.2 Å². The molecular weight excluding hydrogens is 254 g/mol. The highest BCUT2D eigenvalue weighted by Gasteiger charge is 2.33. The maximum Gasteiger partial charge on any atom is 0.279 e. The Hall–Kier alpha value is 0.0800. The third-order valence-electron chi connectivity index (χ3n) is 2.16. The molecule has 1 heterocycles. The minimum atomic E-state index is -3.39.